The first kappa shape index (κ1) is 13.8. The Balaban J connectivity index is 2.63. The van der Waals surface area contributed by atoms with Crippen molar-refractivity contribution in [3.63, 3.8) is 0 Å². The predicted octanol–water partition coefficient (Wildman–Crippen LogP) is 3.43. The van der Waals surface area contributed by atoms with Crippen LogP contribution in [0.2, 0.25) is 0 Å². The van der Waals surface area contributed by atoms with Crippen LogP contribution in [0.15, 0.2) is 47.4 Å². The van der Waals surface area contributed by atoms with E-state index in [9.17, 15) is 12.8 Å². The Morgan fingerprint density at radius 2 is 1.74 bits per heavy atom. The fraction of sp³-hybridized carbons (Fsp3) is 0.0769. The number of methoxy groups -OCH3 is 1. The molecule has 0 heterocycles. The number of hydrogen-bond donors (Lipinski definition) is 0. The zero-order chi connectivity index (χ0) is 14.0. The lowest BCUT2D eigenvalue weighted by Gasteiger charge is -2.10. The van der Waals surface area contributed by atoms with E-state index in [2.05, 4.69) is 0 Å². The molecule has 0 bridgehead atoms. The fourth-order valence-electron chi connectivity index (χ4n) is 1.69. The molecule has 0 saturated heterocycles. The first-order chi connectivity index (χ1) is 8.91. The van der Waals surface area contributed by atoms with Gasteiger partial charge in [0, 0.05) is 16.2 Å². The molecular formula is C13H10ClFO3S. The smallest absolute Gasteiger partial charge is 0.261 e. The van der Waals surface area contributed by atoms with Crippen molar-refractivity contribution in [1.29, 1.82) is 0 Å². The van der Waals surface area contributed by atoms with E-state index in [0.717, 1.165) is 0 Å². The summed E-state index contributed by atoms with van der Waals surface area (Å²) in [6.45, 7) is 0. The molecule has 0 unspecified atom stereocenters. The van der Waals surface area contributed by atoms with Crippen LogP contribution in [0.3, 0.4) is 0 Å². The third kappa shape index (κ3) is 3.05. The molecule has 0 radical (unpaired) electrons. The molecular weight excluding hydrogens is 291 g/mol. The second kappa shape index (κ2) is 5.19. The van der Waals surface area contributed by atoms with Gasteiger partial charge in [-0.2, -0.15) is 0 Å². The van der Waals surface area contributed by atoms with E-state index < -0.39 is 9.05 Å². The molecule has 0 saturated carbocycles. The highest BCUT2D eigenvalue weighted by molar-refractivity contribution is 8.13. The third-order valence-electron chi connectivity index (χ3n) is 2.61. The van der Waals surface area contributed by atoms with Crippen LogP contribution in [-0.2, 0) is 9.05 Å². The minimum atomic E-state index is -3.82. The van der Waals surface area contributed by atoms with Gasteiger partial charge >= 0.3 is 0 Å². The van der Waals surface area contributed by atoms with Gasteiger partial charge < -0.3 is 4.74 Å². The van der Waals surface area contributed by atoms with Gasteiger partial charge in [0.05, 0.1) is 12.0 Å². The van der Waals surface area contributed by atoms with Gasteiger partial charge in [-0.1, -0.05) is 12.1 Å². The largest absolute Gasteiger partial charge is 0.496 e. The van der Waals surface area contributed by atoms with Crippen LogP contribution in [0.4, 0.5) is 4.39 Å². The highest BCUT2D eigenvalue weighted by Gasteiger charge is 2.14. The molecule has 0 aliphatic carbocycles. The zero-order valence-corrected chi connectivity index (χ0v) is 11.5. The van der Waals surface area contributed by atoms with Crippen molar-refractivity contribution in [2.45, 2.75) is 4.90 Å². The lowest BCUT2D eigenvalue weighted by atomic mass is 10.0. The number of ether oxygens (including phenoxy) is 1. The Morgan fingerprint density at radius 3 is 2.26 bits per heavy atom. The monoisotopic (exact) mass is 300 g/mol. The van der Waals surface area contributed by atoms with Gasteiger partial charge in [-0.25, -0.2) is 12.8 Å². The molecule has 0 aliphatic heterocycles. The minimum Gasteiger partial charge on any atom is -0.496 e. The van der Waals surface area contributed by atoms with Gasteiger partial charge in [0.1, 0.15) is 11.6 Å². The van der Waals surface area contributed by atoms with Crippen molar-refractivity contribution in [1.82, 2.24) is 0 Å². The normalized spacial score (nSPS) is 11.3. The van der Waals surface area contributed by atoms with Gasteiger partial charge in [-0.05, 0) is 35.9 Å². The molecule has 0 fully saturated rings. The van der Waals surface area contributed by atoms with E-state index in [1.807, 2.05) is 0 Å². The number of benzene rings is 2. The third-order valence-corrected chi connectivity index (χ3v) is 3.96. The van der Waals surface area contributed by atoms with E-state index in [0.29, 0.717) is 16.9 Å². The lowest BCUT2D eigenvalue weighted by molar-refractivity contribution is 0.416. The summed E-state index contributed by atoms with van der Waals surface area (Å²) in [5, 5.41) is 0. The second-order valence-corrected chi connectivity index (χ2v) is 6.37. The molecule has 0 N–H and O–H groups in total. The van der Waals surface area contributed by atoms with Crippen molar-refractivity contribution >= 4 is 19.7 Å². The van der Waals surface area contributed by atoms with Gasteiger partial charge in [-0.15, -0.1) is 0 Å². The van der Waals surface area contributed by atoms with Crippen LogP contribution in [0.5, 0.6) is 5.75 Å². The summed E-state index contributed by atoms with van der Waals surface area (Å²) in [5.41, 5.74) is 1.17. The van der Waals surface area contributed by atoms with Crippen LogP contribution in [0.25, 0.3) is 11.1 Å². The van der Waals surface area contributed by atoms with E-state index in [1.54, 1.807) is 0 Å². The summed E-state index contributed by atoms with van der Waals surface area (Å²) >= 11 is 0. The van der Waals surface area contributed by atoms with Gasteiger partial charge in [0.15, 0.2) is 0 Å². The molecule has 0 atom stereocenters. The Labute approximate surface area is 115 Å². The first-order valence-corrected chi connectivity index (χ1v) is 7.61. The van der Waals surface area contributed by atoms with E-state index in [4.69, 9.17) is 15.4 Å². The highest BCUT2D eigenvalue weighted by Crippen LogP contribution is 2.33. The number of halogens is 2. The maximum atomic E-state index is 12.9. The Bertz CT molecular complexity index is 696. The topological polar surface area (TPSA) is 43.4 Å². The van der Waals surface area contributed by atoms with Crippen LogP contribution in [-0.4, -0.2) is 15.5 Å². The van der Waals surface area contributed by atoms with Crippen molar-refractivity contribution in [3.8, 4) is 16.9 Å². The fourth-order valence-corrected chi connectivity index (χ4v) is 2.47. The summed E-state index contributed by atoms with van der Waals surface area (Å²) in [6, 6.07) is 9.92. The molecule has 3 nitrogen and oxygen atoms in total. The Hall–Kier alpha value is -1.59. The Morgan fingerprint density at radius 1 is 1.11 bits per heavy atom. The summed E-state index contributed by atoms with van der Waals surface area (Å²) in [5.74, 6) is 0.111. The van der Waals surface area contributed by atoms with Crippen LogP contribution in [0, 0.1) is 5.82 Å². The molecule has 2 rings (SSSR count). The van der Waals surface area contributed by atoms with E-state index in [1.165, 1.54) is 49.6 Å². The second-order valence-electron chi connectivity index (χ2n) is 3.81. The maximum absolute atomic E-state index is 12.9. The highest BCUT2D eigenvalue weighted by atomic mass is 35.7. The number of hydrogen-bond acceptors (Lipinski definition) is 3. The van der Waals surface area contributed by atoms with E-state index in [-0.39, 0.29) is 10.7 Å². The van der Waals surface area contributed by atoms with Crippen molar-refractivity contribution < 1.29 is 17.5 Å². The van der Waals surface area contributed by atoms with Crippen molar-refractivity contribution in [2.75, 3.05) is 7.11 Å². The first-order valence-electron chi connectivity index (χ1n) is 5.30. The zero-order valence-electron chi connectivity index (χ0n) is 9.93. The van der Waals surface area contributed by atoms with E-state index >= 15 is 0 Å². The van der Waals surface area contributed by atoms with Crippen molar-refractivity contribution in [3.05, 3.63) is 48.3 Å². The predicted molar refractivity (Wildman–Crippen MR) is 71.4 cm³/mol. The summed E-state index contributed by atoms with van der Waals surface area (Å²) < 4.78 is 40.7. The lowest BCUT2D eigenvalue weighted by Crippen LogP contribution is -1.94. The molecule has 100 valence electrons. The SMILES string of the molecule is COc1ccc(S(=O)(=O)Cl)cc1-c1ccc(F)cc1. The summed E-state index contributed by atoms with van der Waals surface area (Å²) in [4.78, 5) is -0.0331. The van der Waals surface area contributed by atoms with Crippen molar-refractivity contribution in [2.24, 2.45) is 0 Å². The van der Waals surface area contributed by atoms with Gasteiger partial charge in [-0.3, -0.25) is 0 Å². The minimum absolute atomic E-state index is 0.0331. The number of rotatable bonds is 3. The van der Waals surface area contributed by atoms with Crippen LogP contribution < -0.4 is 4.74 Å². The molecule has 0 spiro atoms. The van der Waals surface area contributed by atoms with Crippen LogP contribution >= 0.6 is 10.7 Å². The molecule has 2 aromatic rings. The molecule has 2 aromatic carbocycles. The average molecular weight is 301 g/mol. The molecule has 19 heavy (non-hydrogen) atoms. The van der Waals surface area contributed by atoms with Gasteiger partial charge in [0.2, 0.25) is 0 Å². The Kier molecular flexibility index (Phi) is 3.78. The summed E-state index contributed by atoms with van der Waals surface area (Å²) in [6.07, 6.45) is 0. The average Bonchev–Trinajstić information content (AvgIpc) is 2.38. The molecule has 0 aromatic heterocycles. The van der Waals surface area contributed by atoms with Crippen LogP contribution in [0.1, 0.15) is 0 Å². The molecule has 6 heteroatoms. The molecule has 0 aliphatic rings. The summed E-state index contributed by atoms with van der Waals surface area (Å²) in [7, 11) is 2.96. The standard InChI is InChI=1S/C13H10ClFO3S/c1-18-13-7-6-11(19(14,16)17)8-12(13)9-2-4-10(15)5-3-9/h2-8H,1H3. The van der Waals surface area contributed by atoms with Gasteiger partial charge in [0.25, 0.3) is 9.05 Å². The molecule has 0 amide bonds. The quantitative estimate of drug-likeness (QED) is 0.816. The maximum Gasteiger partial charge on any atom is 0.261 e.